The molecule has 2 unspecified atom stereocenters. The van der Waals surface area contributed by atoms with Gasteiger partial charge in [0, 0.05) is 12.2 Å². The maximum absolute atomic E-state index is 5.76. The van der Waals surface area contributed by atoms with Gasteiger partial charge in [0.05, 0.1) is 19.3 Å². The summed E-state index contributed by atoms with van der Waals surface area (Å²) in [4.78, 5) is 0. The molecule has 0 heterocycles. The fraction of sp³-hybridized carbons (Fsp3) is 0.625. The van der Waals surface area contributed by atoms with Gasteiger partial charge in [-0.1, -0.05) is 19.1 Å². The average molecular weight is 265 g/mol. The van der Waals surface area contributed by atoms with Gasteiger partial charge in [-0.3, -0.25) is 0 Å². The second kappa shape index (κ2) is 7.51. The number of benzene rings is 1. The fourth-order valence-corrected chi connectivity index (χ4v) is 2.43. The highest BCUT2D eigenvalue weighted by molar-refractivity contribution is 5.47. The zero-order valence-electron chi connectivity index (χ0n) is 13.0. The molecule has 0 saturated carbocycles. The summed E-state index contributed by atoms with van der Waals surface area (Å²) in [6, 6.07) is 4.44. The fourth-order valence-electron chi connectivity index (χ4n) is 2.43. The molecular weight excluding hydrogens is 238 g/mol. The quantitative estimate of drug-likeness (QED) is 0.819. The van der Waals surface area contributed by atoms with E-state index in [0.717, 1.165) is 18.9 Å². The van der Waals surface area contributed by atoms with E-state index in [0.29, 0.717) is 0 Å². The van der Waals surface area contributed by atoms with Crippen LogP contribution in [-0.2, 0) is 4.74 Å². The van der Waals surface area contributed by atoms with Gasteiger partial charge < -0.3 is 14.8 Å². The van der Waals surface area contributed by atoms with Gasteiger partial charge in [0.25, 0.3) is 0 Å². The minimum atomic E-state index is 0.112. The van der Waals surface area contributed by atoms with E-state index in [1.54, 1.807) is 7.11 Å². The highest BCUT2D eigenvalue weighted by atomic mass is 16.5. The van der Waals surface area contributed by atoms with Crippen LogP contribution in [-0.4, -0.2) is 26.4 Å². The van der Waals surface area contributed by atoms with Crippen LogP contribution in [0.1, 0.15) is 43.5 Å². The predicted molar refractivity (Wildman–Crippen MR) is 80.0 cm³/mol. The Morgan fingerprint density at radius 3 is 2.42 bits per heavy atom. The third-order valence-corrected chi connectivity index (χ3v) is 3.57. The lowest BCUT2D eigenvalue weighted by molar-refractivity contribution is 0.0470. The van der Waals surface area contributed by atoms with E-state index in [-0.39, 0.29) is 12.1 Å². The highest BCUT2D eigenvalue weighted by Gasteiger charge is 2.23. The van der Waals surface area contributed by atoms with E-state index in [4.69, 9.17) is 9.47 Å². The van der Waals surface area contributed by atoms with E-state index in [1.807, 2.05) is 6.92 Å². The van der Waals surface area contributed by atoms with E-state index in [2.05, 4.69) is 45.1 Å². The van der Waals surface area contributed by atoms with Crippen molar-refractivity contribution in [1.82, 2.24) is 5.32 Å². The number of rotatable bonds is 7. The van der Waals surface area contributed by atoms with Crippen molar-refractivity contribution in [3.05, 3.63) is 28.8 Å². The van der Waals surface area contributed by atoms with E-state index < -0.39 is 0 Å². The molecule has 0 bridgehead atoms. The number of hydrogen-bond acceptors (Lipinski definition) is 3. The molecule has 1 aromatic carbocycles. The van der Waals surface area contributed by atoms with Crippen LogP contribution in [0.2, 0.25) is 0 Å². The highest BCUT2D eigenvalue weighted by Crippen LogP contribution is 2.33. The van der Waals surface area contributed by atoms with Crippen molar-refractivity contribution in [2.75, 3.05) is 20.3 Å². The molecule has 2 atom stereocenters. The van der Waals surface area contributed by atoms with E-state index in [9.17, 15) is 0 Å². The Balaban J connectivity index is 3.18. The van der Waals surface area contributed by atoms with Crippen LogP contribution >= 0.6 is 0 Å². The van der Waals surface area contributed by atoms with E-state index >= 15 is 0 Å². The van der Waals surface area contributed by atoms with E-state index in [1.165, 1.54) is 16.7 Å². The molecule has 0 aliphatic heterocycles. The van der Waals surface area contributed by atoms with Gasteiger partial charge in [-0.2, -0.15) is 0 Å². The zero-order chi connectivity index (χ0) is 14.4. The normalized spacial score (nSPS) is 14.2. The first-order chi connectivity index (χ1) is 9.06. The van der Waals surface area contributed by atoms with Crippen molar-refractivity contribution < 1.29 is 9.47 Å². The summed E-state index contributed by atoms with van der Waals surface area (Å²) in [5.74, 6) is 0.970. The number of ether oxygens (including phenoxy) is 2. The molecule has 1 rings (SSSR count). The van der Waals surface area contributed by atoms with Gasteiger partial charge >= 0.3 is 0 Å². The van der Waals surface area contributed by atoms with Crippen molar-refractivity contribution in [2.24, 2.45) is 0 Å². The van der Waals surface area contributed by atoms with Crippen molar-refractivity contribution in [3.63, 3.8) is 0 Å². The maximum atomic E-state index is 5.76. The Morgan fingerprint density at radius 1 is 1.21 bits per heavy atom. The standard InChI is InChI=1S/C16H27NO2/c1-7-17-15(13(5)19-8-2)14-10-9-11(3)12(4)16(14)18-6/h9-10,13,15,17H,7-8H2,1-6H3. The maximum Gasteiger partial charge on any atom is 0.126 e. The number of hydrogen-bond donors (Lipinski definition) is 1. The average Bonchev–Trinajstić information content (AvgIpc) is 2.39. The van der Waals surface area contributed by atoms with Crippen LogP contribution in [0.25, 0.3) is 0 Å². The Kier molecular flexibility index (Phi) is 6.32. The number of aryl methyl sites for hydroxylation is 1. The second-order valence-electron chi connectivity index (χ2n) is 4.83. The largest absolute Gasteiger partial charge is 0.496 e. The first-order valence-electron chi connectivity index (χ1n) is 7.05. The minimum absolute atomic E-state index is 0.112. The second-order valence-corrected chi connectivity index (χ2v) is 4.83. The Hall–Kier alpha value is -1.06. The lowest BCUT2D eigenvalue weighted by atomic mass is 9.96. The van der Waals surface area contributed by atoms with Gasteiger partial charge in [0.15, 0.2) is 0 Å². The topological polar surface area (TPSA) is 30.5 Å². The zero-order valence-corrected chi connectivity index (χ0v) is 13.0. The molecule has 0 aliphatic carbocycles. The summed E-state index contributed by atoms with van der Waals surface area (Å²) in [6.07, 6.45) is 0.112. The van der Waals surface area contributed by atoms with Crippen LogP contribution in [0.3, 0.4) is 0 Å². The Labute approximate surface area is 117 Å². The molecule has 1 aromatic rings. The monoisotopic (exact) mass is 265 g/mol. The number of methoxy groups -OCH3 is 1. The summed E-state index contributed by atoms with van der Waals surface area (Å²) in [5.41, 5.74) is 3.62. The summed E-state index contributed by atoms with van der Waals surface area (Å²) in [7, 11) is 1.74. The minimum Gasteiger partial charge on any atom is -0.496 e. The van der Waals surface area contributed by atoms with Gasteiger partial charge in [-0.05, 0) is 45.4 Å². The molecule has 1 N–H and O–H groups in total. The molecule has 0 saturated heterocycles. The van der Waals surface area contributed by atoms with Gasteiger partial charge in [-0.25, -0.2) is 0 Å². The summed E-state index contributed by atoms with van der Waals surface area (Å²) in [6.45, 7) is 12.1. The molecule has 3 nitrogen and oxygen atoms in total. The lowest BCUT2D eigenvalue weighted by Gasteiger charge is -2.27. The Morgan fingerprint density at radius 2 is 1.89 bits per heavy atom. The first-order valence-corrected chi connectivity index (χ1v) is 7.05. The molecule has 3 heteroatoms. The number of likely N-dealkylation sites (N-methyl/N-ethyl adjacent to an activating group) is 1. The molecule has 0 fully saturated rings. The smallest absolute Gasteiger partial charge is 0.126 e. The van der Waals surface area contributed by atoms with Crippen LogP contribution in [0.5, 0.6) is 5.75 Å². The molecular formula is C16H27NO2. The lowest BCUT2D eigenvalue weighted by Crippen LogP contribution is -2.32. The number of nitrogens with one attached hydrogen (secondary N) is 1. The third kappa shape index (κ3) is 3.71. The van der Waals surface area contributed by atoms with Crippen LogP contribution in [0, 0.1) is 13.8 Å². The van der Waals surface area contributed by atoms with Crippen molar-refractivity contribution in [1.29, 1.82) is 0 Å². The van der Waals surface area contributed by atoms with Crippen LogP contribution in [0.15, 0.2) is 12.1 Å². The van der Waals surface area contributed by atoms with Crippen LogP contribution in [0.4, 0.5) is 0 Å². The first kappa shape index (κ1) is 16.0. The molecule has 108 valence electrons. The van der Waals surface area contributed by atoms with Gasteiger partial charge in [0.2, 0.25) is 0 Å². The van der Waals surface area contributed by atoms with Gasteiger partial charge in [-0.15, -0.1) is 0 Å². The Bertz CT molecular complexity index is 404. The van der Waals surface area contributed by atoms with Crippen molar-refractivity contribution in [2.45, 2.75) is 46.8 Å². The molecule has 0 spiro atoms. The van der Waals surface area contributed by atoms with Gasteiger partial charge in [0.1, 0.15) is 5.75 Å². The third-order valence-electron chi connectivity index (χ3n) is 3.57. The molecule has 0 amide bonds. The van der Waals surface area contributed by atoms with Crippen molar-refractivity contribution in [3.8, 4) is 5.75 Å². The summed E-state index contributed by atoms with van der Waals surface area (Å²) in [5, 5.41) is 3.50. The molecule has 0 aliphatic rings. The predicted octanol–water partition coefficient (Wildman–Crippen LogP) is 3.39. The summed E-state index contributed by atoms with van der Waals surface area (Å²) >= 11 is 0. The van der Waals surface area contributed by atoms with Crippen LogP contribution < -0.4 is 10.1 Å². The SMILES string of the molecule is CCNC(c1ccc(C)c(C)c1OC)C(C)OCC. The molecule has 0 aromatic heterocycles. The molecule has 0 radical (unpaired) electrons. The van der Waals surface area contributed by atoms with Crippen molar-refractivity contribution >= 4 is 0 Å². The molecule has 19 heavy (non-hydrogen) atoms. The summed E-state index contributed by atoms with van der Waals surface area (Å²) < 4.78 is 11.4.